The Morgan fingerprint density at radius 1 is 1.38 bits per heavy atom. The number of rotatable bonds is 5. The van der Waals surface area contributed by atoms with Crippen LogP contribution in [0.5, 0.6) is 0 Å². The monoisotopic (exact) mass is 332 g/mol. The van der Waals surface area contributed by atoms with Gasteiger partial charge in [0.15, 0.2) is 0 Å². The molecule has 0 atom stereocenters. The molecule has 0 aromatic heterocycles. The molecule has 0 fully saturated rings. The fourth-order valence-electron chi connectivity index (χ4n) is 1.05. The number of benzene rings is 1. The van der Waals surface area contributed by atoms with Crippen LogP contribution in [0.2, 0.25) is 0 Å². The van der Waals surface area contributed by atoms with Gasteiger partial charge in [-0.1, -0.05) is 36.4 Å². The fourth-order valence-corrected chi connectivity index (χ4v) is 1.05. The summed E-state index contributed by atoms with van der Waals surface area (Å²) in [5, 5.41) is 0. The van der Waals surface area contributed by atoms with Crippen molar-refractivity contribution in [2.24, 2.45) is 0 Å². The van der Waals surface area contributed by atoms with Crippen molar-refractivity contribution in [2.75, 3.05) is 6.61 Å². The van der Waals surface area contributed by atoms with Crippen molar-refractivity contribution in [2.45, 2.75) is 20.0 Å². The topological polar surface area (TPSA) is 9.23 Å². The Balaban J connectivity index is 0.00000106. The van der Waals surface area contributed by atoms with E-state index in [-0.39, 0.29) is 0 Å². The molecule has 1 aromatic carbocycles. The van der Waals surface area contributed by atoms with Crippen LogP contribution in [0.3, 0.4) is 0 Å². The minimum absolute atomic E-state index is 0.677. The molecular weight excluding hydrogens is 317 g/mol. The molecule has 0 bridgehead atoms. The van der Waals surface area contributed by atoms with Crippen LogP contribution in [0.1, 0.15) is 18.9 Å². The van der Waals surface area contributed by atoms with E-state index in [4.69, 9.17) is 4.74 Å². The van der Waals surface area contributed by atoms with Gasteiger partial charge in [-0.15, -0.1) is 5.57 Å². The molecule has 0 amide bonds. The van der Waals surface area contributed by atoms with Crippen molar-refractivity contribution >= 4 is 13.6 Å². The van der Waals surface area contributed by atoms with Crippen LogP contribution >= 0.6 is 13.6 Å². The average molecular weight is 335 g/mol. The molecule has 0 aliphatic rings. The summed E-state index contributed by atoms with van der Waals surface area (Å²) < 4.78 is 5.49. The van der Waals surface area contributed by atoms with Gasteiger partial charge in [0, 0.05) is 0 Å². The van der Waals surface area contributed by atoms with Crippen LogP contribution in [-0.4, -0.2) is 6.61 Å². The summed E-state index contributed by atoms with van der Waals surface area (Å²) in [5.41, 5.74) is 2.49. The van der Waals surface area contributed by atoms with Crippen molar-refractivity contribution in [3.05, 3.63) is 54.5 Å². The molecule has 84 valence electrons. The Bertz CT molecular complexity index is 285. The van der Waals surface area contributed by atoms with Crippen LogP contribution < -0.4 is 0 Å². The molecule has 0 heterocycles. The maximum absolute atomic E-state index is 5.49. The molecule has 16 heavy (non-hydrogen) atoms. The van der Waals surface area contributed by atoms with Crippen LogP contribution in [0, 0.1) is 6.92 Å². The summed E-state index contributed by atoms with van der Waals surface area (Å²) in [6.45, 7) is 7.23. The van der Waals surface area contributed by atoms with Crippen molar-refractivity contribution in [3.63, 3.8) is 0 Å². The molecule has 0 N–H and O–H groups in total. The third-order valence-corrected chi connectivity index (χ3v) is 2.06. The predicted molar refractivity (Wildman–Crippen MR) is 68.8 cm³/mol. The van der Waals surface area contributed by atoms with Gasteiger partial charge in [0.2, 0.25) is 0 Å². The van der Waals surface area contributed by atoms with Gasteiger partial charge in [-0.3, -0.25) is 0 Å². The molecule has 1 rings (SSSR count). The van der Waals surface area contributed by atoms with Gasteiger partial charge in [-0.05, 0) is 12.5 Å². The Morgan fingerprint density at radius 3 is 2.56 bits per heavy atom. The SMILES string of the molecule is [CH2-]C/C(C)=C/COCc1ccccc1.[Zn+][Br]. The van der Waals surface area contributed by atoms with Crippen LogP contribution in [0.25, 0.3) is 0 Å². The Morgan fingerprint density at radius 2 is 2.00 bits per heavy atom. The first-order valence-corrected chi connectivity index (χ1v) is 12.1. The van der Waals surface area contributed by atoms with E-state index in [0.717, 1.165) is 6.42 Å². The van der Waals surface area contributed by atoms with E-state index in [1.807, 2.05) is 18.2 Å². The molecule has 0 saturated heterocycles. The third-order valence-electron chi connectivity index (χ3n) is 2.06. The van der Waals surface area contributed by atoms with Gasteiger partial charge in [-0.2, -0.15) is 6.42 Å². The van der Waals surface area contributed by atoms with Crippen molar-refractivity contribution in [1.29, 1.82) is 0 Å². The summed E-state index contributed by atoms with van der Waals surface area (Å²) >= 11 is 4.25. The second kappa shape index (κ2) is 11.5. The van der Waals surface area contributed by atoms with Gasteiger partial charge < -0.3 is 11.7 Å². The van der Waals surface area contributed by atoms with Gasteiger partial charge in [0.25, 0.3) is 0 Å². The Kier molecular flexibility index (Phi) is 11.5. The summed E-state index contributed by atoms with van der Waals surface area (Å²) in [7, 11) is 0. The zero-order valence-corrected chi connectivity index (χ0v) is 14.3. The van der Waals surface area contributed by atoms with Crippen molar-refractivity contribution in [3.8, 4) is 0 Å². The normalized spacial score (nSPS) is 10.7. The van der Waals surface area contributed by atoms with E-state index < -0.39 is 0 Å². The number of hydrogen-bond donors (Lipinski definition) is 0. The summed E-state index contributed by atoms with van der Waals surface area (Å²) in [6.07, 6.45) is 2.94. The molecule has 0 aliphatic heterocycles. The quantitative estimate of drug-likeness (QED) is 0.339. The van der Waals surface area contributed by atoms with Crippen molar-refractivity contribution < 1.29 is 21.1 Å². The van der Waals surface area contributed by atoms with Crippen LogP contribution in [0.4, 0.5) is 0 Å². The van der Waals surface area contributed by atoms with E-state index in [0.29, 0.717) is 13.2 Å². The molecule has 1 aromatic rings. The molecule has 0 aliphatic carbocycles. The molecule has 0 saturated carbocycles. The van der Waals surface area contributed by atoms with E-state index >= 15 is 0 Å². The molecule has 0 spiro atoms. The first-order chi connectivity index (χ1) is 7.83. The van der Waals surface area contributed by atoms with Gasteiger partial charge >= 0.3 is 30.0 Å². The number of hydrogen-bond acceptors (Lipinski definition) is 1. The summed E-state index contributed by atoms with van der Waals surface area (Å²) in [4.78, 5) is 0. The second-order valence-corrected chi connectivity index (χ2v) is 3.30. The number of allylic oxidation sites excluding steroid dienone is 1. The number of halogens is 1. The van der Waals surface area contributed by atoms with E-state index in [9.17, 15) is 0 Å². The average Bonchev–Trinajstić information content (AvgIpc) is 2.38. The van der Waals surface area contributed by atoms with Crippen molar-refractivity contribution in [1.82, 2.24) is 0 Å². The molecule has 3 heteroatoms. The fraction of sp³-hybridized carbons (Fsp3) is 0.308. The Labute approximate surface area is 115 Å². The molecular formula is C13H17BrOZn. The Hall–Kier alpha value is 0.0234. The second-order valence-electron chi connectivity index (χ2n) is 3.30. The van der Waals surface area contributed by atoms with Gasteiger partial charge in [0.1, 0.15) is 0 Å². The summed E-state index contributed by atoms with van der Waals surface area (Å²) in [5.74, 6) is 0. The standard InChI is InChI=1S/C13H17O.BrH.Zn/c1-3-12(2)9-10-14-11-13-7-5-4-6-8-13;;/h4-9H,1,3,10-11H2,2H3;1H;/q-1;;+2/p-1/b12-9+;;. The molecule has 1 nitrogen and oxygen atoms in total. The molecule has 0 radical (unpaired) electrons. The molecule has 0 unspecified atom stereocenters. The van der Waals surface area contributed by atoms with Crippen LogP contribution in [-0.2, 0) is 27.7 Å². The van der Waals surface area contributed by atoms with E-state index in [1.54, 1.807) is 0 Å². The zero-order chi connectivity index (χ0) is 12.2. The zero-order valence-electron chi connectivity index (χ0n) is 9.79. The van der Waals surface area contributed by atoms with Crippen LogP contribution in [0.15, 0.2) is 42.0 Å². The minimum atomic E-state index is 0.677. The van der Waals surface area contributed by atoms with E-state index in [2.05, 4.69) is 45.7 Å². The number of ether oxygens (including phenoxy) is 1. The summed E-state index contributed by atoms with van der Waals surface area (Å²) in [6, 6.07) is 10.2. The first kappa shape index (κ1) is 16.0. The van der Waals surface area contributed by atoms with Gasteiger partial charge in [-0.25, -0.2) is 0 Å². The predicted octanol–water partition coefficient (Wildman–Crippen LogP) is 4.22. The maximum atomic E-state index is 5.49. The van der Waals surface area contributed by atoms with Gasteiger partial charge in [0.05, 0.1) is 13.2 Å². The first-order valence-electron chi connectivity index (χ1n) is 5.16. The third kappa shape index (κ3) is 8.21. The van der Waals surface area contributed by atoms with E-state index in [1.165, 1.54) is 27.5 Å².